The lowest BCUT2D eigenvalue weighted by Crippen LogP contribution is -2.45. The minimum atomic E-state index is -0.109. The molecule has 2 aromatic heterocycles. The first-order valence-corrected chi connectivity index (χ1v) is 20.5. The van der Waals surface area contributed by atoms with Gasteiger partial charge in [0.1, 0.15) is 24.0 Å². The number of fused-ring (bicyclic) bond motifs is 6. The number of imidazole rings is 2. The van der Waals surface area contributed by atoms with Gasteiger partial charge in [0.2, 0.25) is 11.8 Å². The third-order valence-corrected chi connectivity index (χ3v) is 12.7. The smallest absolute Gasteiger partial charge is 0.223 e. The maximum Gasteiger partial charge on any atom is 0.223 e. The van der Waals surface area contributed by atoms with E-state index in [-0.39, 0.29) is 35.9 Å². The lowest BCUT2D eigenvalue weighted by molar-refractivity contribution is -0.139. The summed E-state index contributed by atoms with van der Waals surface area (Å²) in [5, 5.41) is 2.15. The van der Waals surface area contributed by atoms with E-state index in [0.717, 1.165) is 106 Å². The molecule has 10 nitrogen and oxygen atoms in total. The Morgan fingerprint density at radius 3 is 2.53 bits per heavy atom. The SMILES string of the molecule is CC[C@@H](C)CC(=O)N1C[C@@H](COC)C[C@H]1c1nc2ccc3cc4c(cc3c2[nH]1)OCc1cc(-c2cnc([C@@H]3CCC[C@H](C)N3C(=O)C[C@H](C)CC)[nH]2)ccc1-4. The van der Waals surface area contributed by atoms with E-state index < -0.39 is 0 Å². The van der Waals surface area contributed by atoms with E-state index in [1.165, 1.54) is 0 Å². The molecule has 0 bridgehead atoms. The molecular weight excluding hydrogens is 689 g/mol. The second-order valence-electron chi connectivity index (χ2n) is 16.6. The Kier molecular flexibility index (Phi) is 10.5. The number of nitrogens with zero attached hydrogens (tertiary/aromatic N) is 4. The van der Waals surface area contributed by atoms with E-state index in [4.69, 9.17) is 19.4 Å². The number of aromatic nitrogens is 4. The number of hydrogen-bond acceptors (Lipinski definition) is 6. The number of benzene rings is 3. The summed E-state index contributed by atoms with van der Waals surface area (Å²) in [6, 6.07) is 15.2. The minimum absolute atomic E-state index is 0.0330. The molecule has 3 aliphatic rings. The maximum absolute atomic E-state index is 13.5. The highest BCUT2D eigenvalue weighted by Gasteiger charge is 2.38. The van der Waals surface area contributed by atoms with Gasteiger partial charge in [-0.15, -0.1) is 0 Å². The van der Waals surface area contributed by atoms with Crippen LogP contribution in [0.1, 0.15) is 115 Å². The second-order valence-corrected chi connectivity index (χ2v) is 16.6. The van der Waals surface area contributed by atoms with Crippen LogP contribution in [0.15, 0.2) is 48.7 Å². The van der Waals surface area contributed by atoms with Gasteiger partial charge in [-0.2, -0.15) is 0 Å². The van der Waals surface area contributed by atoms with Crippen molar-refractivity contribution in [1.29, 1.82) is 0 Å². The number of carbonyl (C=O) groups is 2. The Morgan fingerprint density at radius 2 is 1.75 bits per heavy atom. The summed E-state index contributed by atoms with van der Waals surface area (Å²) < 4.78 is 12.0. The van der Waals surface area contributed by atoms with Crippen LogP contribution in [0.4, 0.5) is 0 Å². The zero-order valence-corrected chi connectivity index (χ0v) is 33.3. The van der Waals surface area contributed by atoms with Gasteiger partial charge in [0.05, 0.1) is 41.6 Å². The van der Waals surface area contributed by atoms with Crippen LogP contribution >= 0.6 is 0 Å². The molecule has 8 rings (SSSR count). The van der Waals surface area contributed by atoms with Gasteiger partial charge in [0, 0.05) is 49.4 Å². The van der Waals surface area contributed by atoms with Gasteiger partial charge < -0.3 is 29.2 Å². The third kappa shape index (κ3) is 7.14. The average molecular weight is 745 g/mol. The lowest BCUT2D eigenvalue weighted by Gasteiger charge is -2.40. The van der Waals surface area contributed by atoms with Crippen molar-refractivity contribution >= 4 is 33.6 Å². The maximum atomic E-state index is 13.5. The van der Waals surface area contributed by atoms with Gasteiger partial charge in [-0.1, -0.05) is 58.7 Å². The number of rotatable bonds is 11. The fourth-order valence-corrected chi connectivity index (χ4v) is 9.09. The molecule has 0 spiro atoms. The Bertz CT molecular complexity index is 2210. The molecule has 2 amide bonds. The van der Waals surface area contributed by atoms with Gasteiger partial charge in [0.25, 0.3) is 0 Å². The predicted octanol–water partition coefficient (Wildman–Crippen LogP) is 9.52. The first-order valence-electron chi connectivity index (χ1n) is 20.5. The van der Waals surface area contributed by atoms with Crippen LogP contribution < -0.4 is 4.74 Å². The monoisotopic (exact) mass is 744 g/mol. The fraction of sp³-hybridized carbons (Fsp3) is 0.511. The molecule has 0 radical (unpaired) electrons. The van der Waals surface area contributed by atoms with Crippen molar-refractivity contribution < 1.29 is 19.1 Å². The van der Waals surface area contributed by atoms with Crippen molar-refractivity contribution in [1.82, 2.24) is 29.7 Å². The normalized spacial score (nSPS) is 22.1. The van der Waals surface area contributed by atoms with Crippen LogP contribution in [0.2, 0.25) is 0 Å². The highest BCUT2D eigenvalue weighted by atomic mass is 16.5. The molecule has 5 aromatic rings. The van der Waals surface area contributed by atoms with Gasteiger partial charge >= 0.3 is 0 Å². The van der Waals surface area contributed by atoms with Crippen LogP contribution in [0.3, 0.4) is 0 Å². The van der Waals surface area contributed by atoms with Gasteiger partial charge in [-0.3, -0.25) is 9.59 Å². The Morgan fingerprint density at radius 1 is 0.945 bits per heavy atom. The number of methoxy groups -OCH3 is 1. The highest BCUT2D eigenvalue weighted by molar-refractivity contribution is 6.07. The lowest BCUT2D eigenvalue weighted by atomic mass is 9.92. The zero-order chi connectivity index (χ0) is 38.4. The first-order chi connectivity index (χ1) is 26.6. The third-order valence-electron chi connectivity index (χ3n) is 12.7. The minimum Gasteiger partial charge on any atom is -0.488 e. The van der Waals surface area contributed by atoms with Gasteiger partial charge in [-0.05, 0) is 90.8 Å². The summed E-state index contributed by atoms with van der Waals surface area (Å²) in [6.45, 7) is 12.5. The molecule has 3 aliphatic heterocycles. The molecule has 290 valence electrons. The van der Waals surface area contributed by atoms with E-state index in [2.05, 4.69) is 92.0 Å². The second kappa shape index (κ2) is 15.4. The quantitative estimate of drug-likeness (QED) is 0.139. The first kappa shape index (κ1) is 37.2. The number of nitrogens with one attached hydrogen (secondary N) is 2. The number of aromatic amines is 2. The molecular formula is C45H56N6O4. The molecule has 2 saturated heterocycles. The van der Waals surface area contributed by atoms with E-state index in [0.29, 0.717) is 44.4 Å². The van der Waals surface area contributed by atoms with Gasteiger partial charge in [-0.25, -0.2) is 9.97 Å². The molecule has 0 saturated carbocycles. The number of amides is 2. The summed E-state index contributed by atoms with van der Waals surface area (Å²) in [4.78, 5) is 48.2. The standard InChI is InChI=1S/C45H56N6O4/c1-7-26(3)16-41(52)50-23-29(24-54-6)18-39(50)45-47-36-15-13-30-20-35-33-14-12-31(19-32(33)25-55-40(35)21-34(30)43(36)49-45)37-22-46-44(48-37)38-11-9-10-28(5)51(38)42(53)17-27(4)8-2/h12-15,19-22,26-29,38-39H,7-11,16-18,23-25H2,1-6H3,(H,46,48)(H,47,49)/t26-,27-,28+,29+,38+,39+/m1/s1. The van der Waals surface area contributed by atoms with Crippen molar-refractivity contribution in [3.63, 3.8) is 0 Å². The summed E-state index contributed by atoms with van der Waals surface area (Å²) >= 11 is 0. The topological polar surface area (TPSA) is 116 Å². The molecule has 55 heavy (non-hydrogen) atoms. The number of carbonyl (C=O) groups excluding carboxylic acids is 2. The van der Waals surface area contributed by atoms with Crippen LogP contribution in [-0.4, -0.2) is 67.9 Å². The largest absolute Gasteiger partial charge is 0.488 e. The van der Waals surface area contributed by atoms with E-state index in [9.17, 15) is 9.59 Å². The molecule has 3 aromatic carbocycles. The fourth-order valence-electron chi connectivity index (χ4n) is 9.09. The number of likely N-dealkylation sites (tertiary alicyclic amines) is 2. The van der Waals surface area contributed by atoms with Crippen LogP contribution in [0, 0.1) is 17.8 Å². The molecule has 0 unspecified atom stereocenters. The highest BCUT2D eigenvalue weighted by Crippen LogP contribution is 2.44. The Hall–Kier alpha value is -4.70. The molecule has 10 heteroatoms. The van der Waals surface area contributed by atoms with Crippen LogP contribution in [0.25, 0.3) is 44.2 Å². The van der Waals surface area contributed by atoms with E-state index in [1.807, 2.05) is 11.1 Å². The van der Waals surface area contributed by atoms with Crippen molar-refractivity contribution in [2.24, 2.45) is 17.8 Å². The molecule has 5 heterocycles. The predicted molar refractivity (Wildman–Crippen MR) is 216 cm³/mol. The van der Waals surface area contributed by atoms with Crippen molar-refractivity contribution in [3.8, 4) is 28.1 Å². The number of ether oxygens (including phenoxy) is 2. The van der Waals surface area contributed by atoms with Crippen molar-refractivity contribution in [2.45, 2.75) is 111 Å². The summed E-state index contributed by atoms with van der Waals surface area (Å²) in [5.41, 5.74) is 7.19. The average Bonchev–Trinajstić information content (AvgIpc) is 3.96. The Balaban J connectivity index is 1.06. The van der Waals surface area contributed by atoms with Crippen LogP contribution in [0.5, 0.6) is 5.75 Å². The summed E-state index contributed by atoms with van der Waals surface area (Å²) in [6.07, 6.45) is 8.87. The number of piperidine rings is 1. The van der Waals surface area contributed by atoms with E-state index in [1.54, 1.807) is 7.11 Å². The Labute approximate surface area is 324 Å². The zero-order valence-electron chi connectivity index (χ0n) is 33.3. The van der Waals surface area contributed by atoms with Crippen molar-refractivity contribution in [2.75, 3.05) is 20.3 Å². The number of H-pyrrole nitrogens is 2. The molecule has 6 atom stereocenters. The summed E-state index contributed by atoms with van der Waals surface area (Å²) in [7, 11) is 1.73. The van der Waals surface area contributed by atoms with Gasteiger partial charge in [0.15, 0.2) is 0 Å². The molecule has 2 N–H and O–H groups in total. The summed E-state index contributed by atoms with van der Waals surface area (Å²) in [5.74, 6) is 3.96. The molecule has 0 aliphatic carbocycles. The van der Waals surface area contributed by atoms with Crippen molar-refractivity contribution in [3.05, 3.63) is 65.9 Å². The molecule has 2 fully saturated rings. The van der Waals surface area contributed by atoms with E-state index >= 15 is 0 Å². The number of hydrogen-bond donors (Lipinski definition) is 2. The van der Waals surface area contributed by atoms with Crippen LogP contribution in [-0.2, 0) is 20.9 Å².